The van der Waals surface area contributed by atoms with E-state index in [1.807, 2.05) is 0 Å². The lowest BCUT2D eigenvalue weighted by molar-refractivity contribution is 0.448. The highest BCUT2D eigenvalue weighted by Crippen LogP contribution is 1.08. The first-order valence-corrected chi connectivity index (χ1v) is 0.516. The van der Waals surface area contributed by atoms with E-state index in [1.54, 1.807) is 0 Å². The molecule has 2 nitrogen and oxygen atoms in total. The molecule has 1 radical (unpaired) electrons. The van der Waals surface area contributed by atoms with E-state index >= 15 is 0 Å². The van der Waals surface area contributed by atoms with Gasteiger partial charge in [-0.3, -0.25) is 0 Å². The Labute approximate surface area is 28.8 Å². The molecule has 0 aliphatic rings. The molecule has 1 atom stereocenters. The van der Waals surface area contributed by atoms with Crippen molar-refractivity contribution >= 4 is 17.6 Å². The summed E-state index contributed by atoms with van der Waals surface area (Å²) in [6.07, 6.45) is 0. The largest absolute Gasteiger partial charge is 0.482 e. The van der Waals surface area contributed by atoms with E-state index in [1.165, 1.54) is 0 Å². The van der Waals surface area contributed by atoms with Crippen molar-refractivity contribution in [3.63, 3.8) is 0 Å². The molecule has 25 valence electrons. The summed E-state index contributed by atoms with van der Waals surface area (Å²) in [6.45, 7) is 0. The zero-order valence-electron chi connectivity index (χ0n) is 2.18. The molecule has 0 saturated heterocycles. The van der Waals surface area contributed by atoms with Gasteiger partial charge in [0, 0.05) is 0 Å². The summed E-state index contributed by atoms with van der Waals surface area (Å²) in [7, 11) is 0. The van der Waals surface area contributed by atoms with Gasteiger partial charge >= 0.3 is 7.69 Å². The maximum Gasteiger partial charge on any atom is 0.482 e. The van der Waals surface area contributed by atoms with Gasteiger partial charge in [0.25, 0.3) is 0 Å². The maximum absolute atomic E-state index is 7.00. The Morgan fingerprint density at radius 3 is 1.25 bits per heavy atom. The normalized spacial score (nSPS) is 3.50. The van der Waals surface area contributed by atoms with Crippen LogP contribution in [-0.4, -0.2) is 17.7 Å². The van der Waals surface area contributed by atoms with E-state index in [4.69, 9.17) is 10.0 Å². The molecule has 0 aromatic heterocycles. The lowest BCUT2D eigenvalue weighted by Crippen LogP contribution is -1.75. The minimum Gasteiger partial charge on any atom is -0.429 e. The fraction of sp³-hybridized carbons (Fsp3) is 0. The third-order valence-corrected chi connectivity index (χ3v) is 0. The summed E-state index contributed by atoms with van der Waals surface area (Å²) in [5.41, 5.74) is 0. The Balaban J connectivity index is 0. The summed E-state index contributed by atoms with van der Waals surface area (Å²) in [4.78, 5) is 0. The van der Waals surface area contributed by atoms with Gasteiger partial charge in [-0.15, -0.1) is 0 Å². The van der Waals surface area contributed by atoms with Crippen LogP contribution < -0.4 is 0 Å². The molecular weight excluding hydrogens is 73.8 g/mol. The summed E-state index contributed by atoms with van der Waals surface area (Å²) in [6, 6.07) is 0. The molecule has 0 saturated carbocycles. The Morgan fingerprint density at radius 1 is 1.25 bits per heavy atom. The van der Waals surface area contributed by atoms with Crippen LogP contribution in [-0.2, 0) is 0 Å². The first-order chi connectivity index (χ1) is 1.41. The zero-order valence-corrected chi connectivity index (χ0v) is 3.59. The molecule has 1 unspecified atom stereocenters. The quantitative estimate of drug-likeness (QED) is 0.276. The van der Waals surface area contributed by atoms with Crippen molar-refractivity contribution in [3.8, 4) is 0 Å². The topological polar surface area (TPSA) is 40.5 Å². The highest BCUT2D eigenvalue weighted by atomic mass is 31.0. The monoisotopic (exact) mass is 79.0 g/mol. The van der Waals surface area contributed by atoms with Gasteiger partial charge < -0.3 is 10.0 Å². The van der Waals surface area contributed by atoms with E-state index in [2.05, 4.69) is 0 Å². The summed E-state index contributed by atoms with van der Waals surface area (Å²) in [5.74, 6) is 0. The Bertz CT molecular complexity index is 6.00. The smallest absolute Gasteiger partial charge is 0.429 e. The zero-order chi connectivity index (χ0) is 2.71. The number of rotatable bonds is 0. The first-order valence-electron chi connectivity index (χ1n) is 0.516. The predicted molar refractivity (Wildman–Crippen MR) is 21.3 cm³/mol. The van der Waals surface area contributed by atoms with Crippen LogP contribution in [0.25, 0.3) is 0 Å². The van der Waals surface area contributed by atoms with Gasteiger partial charge in [0.15, 0.2) is 0 Å². The standard InChI is InChI=1S/BH2O2.H3P/c2-1-3;/h2-3H;1H3. The molecule has 4 heavy (non-hydrogen) atoms. The fourth-order valence-electron chi connectivity index (χ4n) is 0. The van der Waals surface area contributed by atoms with Crippen LogP contribution >= 0.6 is 9.90 Å². The molecule has 2 N–H and O–H groups in total. The van der Waals surface area contributed by atoms with E-state index in [0.717, 1.165) is 0 Å². The maximum atomic E-state index is 7.00. The van der Waals surface area contributed by atoms with Crippen molar-refractivity contribution in [1.82, 2.24) is 0 Å². The van der Waals surface area contributed by atoms with Crippen molar-refractivity contribution in [2.75, 3.05) is 0 Å². The average Bonchev–Trinajstić information content (AvgIpc) is 0.918. The van der Waals surface area contributed by atoms with Crippen LogP contribution in [0.15, 0.2) is 0 Å². The van der Waals surface area contributed by atoms with Crippen LogP contribution in [0.5, 0.6) is 0 Å². The van der Waals surface area contributed by atoms with Gasteiger partial charge in [-0.1, -0.05) is 0 Å². The molecule has 0 amide bonds. The van der Waals surface area contributed by atoms with E-state index in [9.17, 15) is 0 Å². The fourth-order valence-corrected chi connectivity index (χ4v) is 0. The van der Waals surface area contributed by atoms with E-state index < -0.39 is 0 Å². The number of hydrogen-bond donors (Lipinski definition) is 2. The van der Waals surface area contributed by atoms with Gasteiger partial charge in [0.2, 0.25) is 0 Å². The first kappa shape index (κ1) is 8.83. The second kappa shape index (κ2) is 9.95. The third kappa shape index (κ3) is 28.1. The van der Waals surface area contributed by atoms with Crippen LogP contribution in [0.2, 0.25) is 0 Å². The predicted octanol–water partition coefficient (Wildman–Crippen LogP) is -1.44. The van der Waals surface area contributed by atoms with Crippen LogP contribution in [0.1, 0.15) is 0 Å². The summed E-state index contributed by atoms with van der Waals surface area (Å²) in [5, 5.41) is 14.0. The molecular formula is H5BO2P. The minimum absolute atomic E-state index is 0. The van der Waals surface area contributed by atoms with Crippen LogP contribution in [0.3, 0.4) is 0 Å². The molecule has 4 heteroatoms. The molecule has 0 spiro atoms. The van der Waals surface area contributed by atoms with Gasteiger partial charge in [-0.2, -0.15) is 9.90 Å². The average molecular weight is 78.8 g/mol. The van der Waals surface area contributed by atoms with Crippen molar-refractivity contribution in [2.24, 2.45) is 0 Å². The van der Waals surface area contributed by atoms with Crippen molar-refractivity contribution < 1.29 is 10.0 Å². The minimum atomic E-state index is 0. The summed E-state index contributed by atoms with van der Waals surface area (Å²) >= 11 is 0. The summed E-state index contributed by atoms with van der Waals surface area (Å²) < 4.78 is 0. The molecule has 0 aliphatic heterocycles. The van der Waals surface area contributed by atoms with Gasteiger partial charge in [0.05, 0.1) is 0 Å². The van der Waals surface area contributed by atoms with E-state index in [-0.39, 0.29) is 17.6 Å². The van der Waals surface area contributed by atoms with Crippen molar-refractivity contribution in [2.45, 2.75) is 0 Å². The van der Waals surface area contributed by atoms with Gasteiger partial charge in [-0.05, 0) is 0 Å². The molecule has 0 aromatic rings. The SMILES string of the molecule is O[B]O.P. The second-order valence-electron chi connectivity index (χ2n) is 0.115. The second-order valence-corrected chi connectivity index (χ2v) is 0.115. The van der Waals surface area contributed by atoms with Crippen LogP contribution in [0.4, 0.5) is 0 Å². The van der Waals surface area contributed by atoms with Crippen LogP contribution in [0, 0.1) is 0 Å². The van der Waals surface area contributed by atoms with Crippen molar-refractivity contribution in [3.05, 3.63) is 0 Å². The molecule has 0 bridgehead atoms. The van der Waals surface area contributed by atoms with Crippen molar-refractivity contribution in [1.29, 1.82) is 0 Å². The Kier molecular flexibility index (Phi) is 22.0. The molecule has 0 aliphatic carbocycles. The molecule has 0 rings (SSSR count). The number of hydrogen-bond acceptors (Lipinski definition) is 2. The van der Waals surface area contributed by atoms with Gasteiger partial charge in [-0.25, -0.2) is 0 Å². The lowest BCUT2D eigenvalue weighted by Gasteiger charge is -1.46. The third-order valence-electron chi connectivity index (χ3n) is 0. The lowest BCUT2D eigenvalue weighted by atomic mass is 10.5. The Hall–Kier alpha value is 0.415. The highest BCUT2D eigenvalue weighted by molar-refractivity contribution is 6.92. The molecule has 0 aromatic carbocycles. The van der Waals surface area contributed by atoms with E-state index in [0.29, 0.717) is 0 Å². The highest BCUT2D eigenvalue weighted by Gasteiger charge is 1.51. The molecule has 0 heterocycles. The van der Waals surface area contributed by atoms with Gasteiger partial charge in [0.1, 0.15) is 0 Å². The molecule has 0 fully saturated rings. The Morgan fingerprint density at radius 2 is 1.25 bits per heavy atom.